The van der Waals surface area contributed by atoms with E-state index in [4.69, 9.17) is 4.74 Å². The summed E-state index contributed by atoms with van der Waals surface area (Å²) in [5, 5.41) is 10.9. The molecule has 0 saturated carbocycles. The van der Waals surface area contributed by atoms with Gasteiger partial charge in [-0.15, -0.1) is 0 Å². The van der Waals surface area contributed by atoms with Gasteiger partial charge in [0.2, 0.25) is 0 Å². The van der Waals surface area contributed by atoms with E-state index < -0.39 is 10.9 Å². The zero-order valence-corrected chi connectivity index (χ0v) is 11.5. The Balaban J connectivity index is 2.37. The average Bonchev–Trinajstić information content (AvgIpc) is 2.46. The molecule has 0 amide bonds. The number of nitro benzene ring substituents is 1. The van der Waals surface area contributed by atoms with E-state index in [-0.39, 0.29) is 11.3 Å². The molecule has 108 valence electrons. The fourth-order valence-corrected chi connectivity index (χ4v) is 1.83. The summed E-state index contributed by atoms with van der Waals surface area (Å²) in [5.41, 5.74) is 0.550. The maximum absolute atomic E-state index is 11.6. The zero-order chi connectivity index (χ0) is 15.4. The number of methoxy groups -OCH3 is 1. The van der Waals surface area contributed by atoms with E-state index in [9.17, 15) is 14.9 Å². The molecule has 0 fully saturated rings. The average molecular weight is 287 g/mol. The maximum atomic E-state index is 11.6. The second-order valence-corrected chi connectivity index (χ2v) is 4.35. The Hall–Kier alpha value is -2.89. The third-order valence-corrected chi connectivity index (χ3v) is 2.80. The normalized spacial score (nSPS) is 10.0. The number of carbonyl (C=O) groups excluding carboxylic acids is 1. The van der Waals surface area contributed by atoms with Gasteiger partial charge in [0.25, 0.3) is 5.69 Å². The van der Waals surface area contributed by atoms with Crippen LogP contribution in [0.2, 0.25) is 0 Å². The van der Waals surface area contributed by atoms with Crippen LogP contribution < -0.4 is 4.74 Å². The number of nitrogens with zero attached hydrogens (tertiary/aromatic N) is 1. The molecule has 0 N–H and O–H groups in total. The molecule has 0 aliphatic rings. The Labute approximate surface area is 121 Å². The van der Waals surface area contributed by atoms with E-state index in [1.54, 1.807) is 6.07 Å². The summed E-state index contributed by atoms with van der Waals surface area (Å²) in [6.45, 7) is 1.92. The highest BCUT2D eigenvalue weighted by molar-refractivity contribution is 5.94. The van der Waals surface area contributed by atoms with Crippen molar-refractivity contribution >= 4 is 11.7 Å². The van der Waals surface area contributed by atoms with Crippen molar-refractivity contribution in [1.82, 2.24) is 0 Å². The first-order valence-electron chi connectivity index (χ1n) is 6.12. The molecule has 0 atom stereocenters. The van der Waals surface area contributed by atoms with E-state index >= 15 is 0 Å². The summed E-state index contributed by atoms with van der Waals surface area (Å²) >= 11 is 0. The predicted octanol–water partition coefficient (Wildman–Crippen LogP) is 3.48. The third kappa shape index (κ3) is 3.36. The van der Waals surface area contributed by atoms with Crippen molar-refractivity contribution in [2.24, 2.45) is 0 Å². The lowest BCUT2D eigenvalue weighted by Gasteiger charge is -2.08. The summed E-state index contributed by atoms with van der Waals surface area (Å²) < 4.78 is 10.2. The van der Waals surface area contributed by atoms with Gasteiger partial charge in [-0.1, -0.05) is 12.1 Å². The van der Waals surface area contributed by atoms with Crippen LogP contribution in [0.3, 0.4) is 0 Å². The molecule has 0 aromatic heterocycles. The second kappa shape index (κ2) is 6.04. The molecule has 0 spiro atoms. The van der Waals surface area contributed by atoms with E-state index in [2.05, 4.69) is 4.74 Å². The number of aryl methyl sites for hydroxylation is 1. The summed E-state index contributed by atoms with van der Waals surface area (Å²) in [6.07, 6.45) is 0. The van der Waals surface area contributed by atoms with Crippen molar-refractivity contribution in [2.75, 3.05) is 7.11 Å². The lowest BCUT2D eigenvalue weighted by molar-refractivity contribution is -0.385. The number of esters is 1. The van der Waals surface area contributed by atoms with Crippen molar-refractivity contribution in [3.8, 4) is 11.5 Å². The van der Waals surface area contributed by atoms with Crippen molar-refractivity contribution in [3.05, 3.63) is 63.7 Å². The summed E-state index contributed by atoms with van der Waals surface area (Å²) in [7, 11) is 1.17. The summed E-state index contributed by atoms with van der Waals surface area (Å²) in [6, 6.07) is 11.3. The summed E-state index contributed by atoms with van der Waals surface area (Å²) in [5.74, 6) is 0.127. The first-order valence-corrected chi connectivity index (χ1v) is 6.12. The molecular formula is C15H13NO5. The van der Waals surface area contributed by atoms with Gasteiger partial charge in [0.1, 0.15) is 17.1 Å². The largest absolute Gasteiger partial charge is 0.465 e. The highest BCUT2D eigenvalue weighted by Gasteiger charge is 2.21. The van der Waals surface area contributed by atoms with Crippen LogP contribution in [0.15, 0.2) is 42.5 Å². The van der Waals surface area contributed by atoms with Crippen molar-refractivity contribution < 1.29 is 19.2 Å². The van der Waals surface area contributed by atoms with E-state index in [0.29, 0.717) is 11.5 Å². The molecular weight excluding hydrogens is 274 g/mol. The smallest absolute Gasteiger partial charge is 0.345 e. The molecule has 0 saturated heterocycles. The minimum Gasteiger partial charge on any atom is -0.465 e. The molecule has 6 nitrogen and oxygen atoms in total. The van der Waals surface area contributed by atoms with Crippen LogP contribution in [0.25, 0.3) is 0 Å². The third-order valence-electron chi connectivity index (χ3n) is 2.80. The predicted molar refractivity (Wildman–Crippen MR) is 75.7 cm³/mol. The van der Waals surface area contributed by atoms with E-state index in [1.807, 2.05) is 25.1 Å². The van der Waals surface area contributed by atoms with Crippen LogP contribution in [0.1, 0.15) is 15.9 Å². The Morgan fingerprint density at radius 3 is 2.48 bits per heavy atom. The number of hydrogen-bond acceptors (Lipinski definition) is 5. The molecule has 21 heavy (non-hydrogen) atoms. The maximum Gasteiger partial charge on any atom is 0.345 e. The first kappa shape index (κ1) is 14.5. The van der Waals surface area contributed by atoms with Gasteiger partial charge < -0.3 is 9.47 Å². The molecule has 0 bridgehead atoms. The quantitative estimate of drug-likeness (QED) is 0.488. The lowest BCUT2D eigenvalue weighted by atomic mass is 10.1. The molecule has 0 unspecified atom stereocenters. The Morgan fingerprint density at radius 2 is 1.86 bits per heavy atom. The fraction of sp³-hybridized carbons (Fsp3) is 0.133. The molecule has 2 aromatic carbocycles. The number of benzene rings is 2. The number of rotatable bonds is 4. The SMILES string of the molecule is COC(=O)c1cc(Oc2cccc(C)c2)ccc1[N+](=O)[O-]. The Bertz CT molecular complexity index is 696. The molecule has 0 radical (unpaired) electrons. The number of nitro groups is 1. The van der Waals surface area contributed by atoms with Gasteiger partial charge in [0.05, 0.1) is 12.0 Å². The van der Waals surface area contributed by atoms with E-state index in [0.717, 1.165) is 5.56 Å². The molecule has 2 rings (SSSR count). The van der Waals surface area contributed by atoms with Crippen molar-refractivity contribution in [1.29, 1.82) is 0 Å². The molecule has 0 heterocycles. The standard InChI is InChI=1S/C15H13NO5/c1-10-4-3-5-11(8-10)21-12-6-7-14(16(18)19)13(9-12)15(17)20-2/h3-9H,1-2H3. The van der Waals surface area contributed by atoms with Gasteiger partial charge in [0.15, 0.2) is 0 Å². The Morgan fingerprint density at radius 1 is 1.14 bits per heavy atom. The second-order valence-electron chi connectivity index (χ2n) is 4.35. The molecule has 0 aliphatic heterocycles. The molecule has 0 aliphatic carbocycles. The minimum atomic E-state index is -0.781. The lowest BCUT2D eigenvalue weighted by Crippen LogP contribution is -2.05. The minimum absolute atomic E-state index is 0.146. The summed E-state index contributed by atoms with van der Waals surface area (Å²) in [4.78, 5) is 21.9. The van der Waals surface area contributed by atoms with Crippen LogP contribution in [0.4, 0.5) is 5.69 Å². The number of ether oxygens (including phenoxy) is 2. The van der Waals surface area contributed by atoms with E-state index in [1.165, 1.54) is 25.3 Å². The van der Waals surface area contributed by atoms with Crippen LogP contribution in [0, 0.1) is 17.0 Å². The van der Waals surface area contributed by atoms with Crippen LogP contribution >= 0.6 is 0 Å². The monoisotopic (exact) mass is 287 g/mol. The van der Waals surface area contributed by atoms with Gasteiger partial charge in [0, 0.05) is 12.1 Å². The van der Waals surface area contributed by atoms with Gasteiger partial charge in [-0.05, 0) is 30.7 Å². The van der Waals surface area contributed by atoms with Gasteiger partial charge in [-0.2, -0.15) is 0 Å². The van der Waals surface area contributed by atoms with Crippen molar-refractivity contribution in [3.63, 3.8) is 0 Å². The number of carbonyl (C=O) groups is 1. The topological polar surface area (TPSA) is 78.7 Å². The van der Waals surface area contributed by atoms with Crippen molar-refractivity contribution in [2.45, 2.75) is 6.92 Å². The highest BCUT2D eigenvalue weighted by Crippen LogP contribution is 2.28. The zero-order valence-electron chi connectivity index (χ0n) is 11.5. The number of hydrogen-bond donors (Lipinski definition) is 0. The first-order chi connectivity index (χ1) is 10.0. The van der Waals surface area contributed by atoms with Crippen LogP contribution in [-0.2, 0) is 4.74 Å². The van der Waals surface area contributed by atoms with Crippen LogP contribution in [-0.4, -0.2) is 18.0 Å². The fourth-order valence-electron chi connectivity index (χ4n) is 1.83. The molecule has 2 aromatic rings. The highest BCUT2D eigenvalue weighted by atomic mass is 16.6. The van der Waals surface area contributed by atoms with Gasteiger partial charge >= 0.3 is 5.97 Å². The van der Waals surface area contributed by atoms with Gasteiger partial charge in [-0.25, -0.2) is 4.79 Å². The van der Waals surface area contributed by atoms with Crippen LogP contribution in [0.5, 0.6) is 11.5 Å². The Kier molecular flexibility index (Phi) is 4.18. The molecule has 6 heteroatoms. The van der Waals surface area contributed by atoms with Gasteiger partial charge in [-0.3, -0.25) is 10.1 Å².